The minimum absolute atomic E-state index is 0.0393. The summed E-state index contributed by atoms with van der Waals surface area (Å²) in [5, 5.41) is 5.73. The number of alkyl halides is 4. The number of halogens is 4. The summed E-state index contributed by atoms with van der Waals surface area (Å²) < 4.78 is 69.9. The molecule has 1 fully saturated rings. The van der Waals surface area contributed by atoms with Crippen LogP contribution in [0, 0.1) is 0 Å². The molecule has 15 heteroatoms. The molecule has 39 heavy (non-hydrogen) atoms. The zero-order valence-corrected chi connectivity index (χ0v) is 21.8. The summed E-state index contributed by atoms with van der Waals surface area (Å²) in [6.45, 7) is -2.78. The van der Waals surface area contributed by atoms with Crippen molar-refractivity contribution < 1.29 is 26.8 Å². The second-order valence-electron chi connectivity index (χ2n) is 8.88. The summed E-state index contributed by atoms with van der Waals surface area (Å²) in [7, 11) is 1.25. The Balaban J connectivity index is 1.53. The lowest BCUT2D eigenvalue weighted by Gasteiger charge is -2.14. The van der Waals surface area contributed by atoms with Gasteiger partial charge in [0.15, 0.2) is 0 Å². The number of anilines is 2. The average Bonchev–Trinajstić information content (AvgIpc) is 3.65. The van der Waals surface area contributed by atoms with Crippen molar-refractivity contribution in [3.63, 3.8) is 0 Å². The second kappa shape index (κ2) is 10.5. The van der Waals surface area contributed by atoms with Crippen LogP contribution >= 0.6 is 22.9 Å². The molecule has 2 N–H and O–H groups in total. The molecule has 4 aromatic rings. The first kappa shape index (κ1) is 23.3. The van der Waals surface area contributed by atoms with Crippen molar-refractivity contribution in [3.8, 4) is 10.7 Å². The average molecular weight is 585 g/mol. The number of thiazole rings is 1. The van der Waals surface area contributed by atoms with Crippen molar-refractivity contribution >= 4 is 51.7 Å². The molecule has 1 saturated carbocycles. The van der Waals surface area contributed by atoms with E-state index >= 15 is 0 Å². The Morgan fingerprint density at radius 3 is 2.74 bits per heavy atom. The third kappa shape index (κ3) is 5.43. The number of methoxy groups -OCH3 is 1. The normalized spacial score (nSPS) is 18.9. The molecular formula is C24H23ClF3N7O3S. The molecule has 0 unspecified atom stereocenters. The van der Waals surface area contributed by atoms with Gasteiger partial charge in [0.2, 0.25) is 0 Å². The molecule has 0 spiro atoms. The highest BCUT2D eigenvalue weighted by atomic mass is 35.5. The maximum atomic E-state index is 13.4. The molecule has 1 aliphatic rings. The van der Waals surface area contributed by atoms with Crippen LogP contribution in [0.4, 0.5) is 29.6 Å². The number of aromatic nitrogens is 5. The number of nitrogens with one attached hydrogen (secondary N) is 2. The molecule has 1 amide bonds. The molecule has 10 nitrogen and oxygen atoms in total. The van der Waals surface area contributed by atoms with Gasteiger partial charge in [-0.25, -0.2) is 24.5 Å². The molecule has 0 saturated heterocycles. The van der Waals surface area contributed by atoms with Gasteiger partial charge in [-0.15, -0.1) is 22.9 Å². The van der Waals surface area contributed by atoms with Crippen LogP contribution in [0.3, 0.4) is 0 Å². The van der Waals surface area contributed by atoms with E-state index < -0.39 is 35.9 Å². The van der Waals surface area contributed by atoms with E-state index in [0.29, 0.717) is 46.2 Å². The Morgan fingerprint density at radius 2 is 2.05 bits per heavy atom. The van der Waals surface area contributed by atoms with Crippen molar-refractivity contribution in [3.05, 3.63) is 51.5 Å². The maximum Gasteiger partial charge on any atom is 0.427 e. The van der Waals surface area contributed by atoms with Crippen molar-refractivity contribution in [2.45, 2.75) is 43.4 Å². The fraction of sp³-hybridized carbons (Fsp3) is 0.375. The zero-order chi connectivity index (χ0) is 30.4. The molecular weight excluding hydrogens is 559 g/mol. The molecule has 0 aliphatic heterocycles. The molecule has 1 aliphatic carbocycles. The van der Waals surface area contributed by atoms with Gasteiger partial charge in [-0.2, -0.15) is 13.2 Å². The summed E-state index contributed by atoms with van der Waals surface area (Å²) >= 11 is 6.47. The number of ether oxygens (including phenoxy) is 1. The Bertz CT molecular complexity index is 1710. The number of hydrogen-bond acceptors (Lipinski definition) is 8. The van der Waals surface area contributed by atoms with Gasteiger partial charge in [0.05, 0.1) is 30.5 Å². The molecule has 206 valence electrons. The van der Waals surface area contributed by atoms with Gasteiger partial charge in [-0.3, -0.25) is 9.13 Å². The van der Waals surface area contributed by atoms with E-state index in [1.165, 1.54) is 30.0 Å². The van der Waals surface area contributed by atoms with Crippen LogP contribution in [-0.2, 0) is 23.8 Å². The highest BCUT2D eigenvalue weighted by Gasteiger charge is 2.34. The monoisotopic (exact) mass is 584 g/mol. The number of imidazole rings is 1. The Morgan fingerprint density at radius 1 is 1.23 bits per heavy atom. The van der Waals surface area contributed by atoms with E-state index in [9.17, 15) is 22.8 Å². The number of fused-ring (bicyclic) bond motifs is 1. The van der Waals surface area contributed by atoms with Crippen molar-refractivity contribution in [2.24, 2.45) is 6.98 Å². The van der Waals surface area contributed by atoms with Gasteiger partial charge in [0.25, 0.3) is 0 Å². The van der Waals surface area contributed by atoms with Gasteiger partial charge in [0.1, 0.15) is 27.2 Å². The fourth-order valence-corrected chi connectivity index (χ4v) is 5.48. The number of carbonyl (C=O) groups excluding carboxylic acids is 1. The Kier molecular flexibility index (Phi) is 6.26. The van der Waals surface area contributed by atoms with Crippen molar-refractivity contribution in [1.29, 1.82) is 0 Å². The number of hydrogen-bond donors (Lipinski definition) is 2. The first-order chi connectivity index (χ1) is 19.8. The van der Waals surface area contributed by atoms with Gasteiger partial charge >= 0.3 is 18.0 Å². The van der Waals surface area contributed by atoms with Crippen LogP contribution < -0.4 is 16.3 Å². The molecule has 0 radical (unpaired) electrons. The SMILES string of the molecule is [2H]C([2H])([2H])n1c(=O)n([C@@H]2CC[C@@H](NC(=O)OC)C2)c2cc(Nc3cc(CCl)cc(-c4ncc(C(F)(F)F)s4)n3)ncc21. The third-order valence-corrected chi connectivity index (χ3v) is 7.71. The van der Waals surface area contributed by atoms with Crippen LogP contribution in [0.5, 0.6) is 0 Å². The minimum atomic E-state index is -4.55. The van der Waals surface area contributed by atoms with Crippen molar-refractivity contribution in [2.75, 3.05) is 12.4 Å². The smallest absolute Gasteiger partial charge is 0.427 e. The first-order valence-electron chi connectivity index (χ1n) is 13.1. The largest absolute Gasteiger partial charge is 0.453 e. The minimum Gasteiger partial charge on any atom is -0.453 e. The third-order valence-electron chi connectivity index (χ3n) is 6.34. The predicted octanol–water partition coefficient (Wildman–Crippen LogP) is 5.20. The molecule has 4 aromatic heterocycles. The van der Waals surface area contributed by atoms with Crippen molar-refractivity contribution in [1.82, 2.24) is 29.4 Å². The van der Waals surface area contributed by atoms with Crippen LogP contribution in [0.1, 0.15) is 39.9 Å². The number of nitrogens with zero attached hydrogens (tertiary/aromatic N) is 5. The van der Waals surface area contributed by atoms with Gasteiger partial charge in [0, 0.05) is 35.1 Å². The first-order valence-corrected chi connectivity index (χ1v) is 13.0. The number of alkyl carbamates (subject to hydrolysis) is 1. The topological polar surface area (TPSA) is 116 Å². The lowest BCUT2D eigenvalue weighted by Crippen LogP contribution is -2.33. The molecule has 4 heterocycles. The summed E-state index contributed by atoms with van der Waals surface area (Å²) in [5.41, 5.74) is 0.343. The summed E-state index contributed by atoms with van der Waals surface area (Å²) in [5.74, 6) is 0.435. The van der Waals surface area contributed by atoms with E-state index in [2.05, 4.69) is 30.3 Å². The molecule has 0 bridgehead atoms. The summed E-state index contributed by atoms with van der Waals surface area (Å²) in [6.07, 6.45) is -1.74. The van der Waals surface area contributed by atoms with Crippen LogP contribution in [0.25, 0.3) is 21.7 Å². The Hall–Kier alpha value is -3.65. The summed E-state index contributed by atoms with van der Waals surface area (Å²) in [4.78, 5) is 36.8. The lowest BCUT2D eigenvalue weighted by atomic mass is 10.2. The lowest BCUT2D eigenvalue weighted by molar-refractivity contribution is -0.134. The van der Waals surface area contributed by atoms with Gasteiger partial charge in [-0.05, 0) is 37.0 Å². The number of aryl methyl sites for hydroxylation is 1. The van der Waals surface area contributed by atoms with E-state index in [1.807, 2.05) is 0 Å². The standard InChI is InChI=1S/C24H23ClF3N7O3S/c1-34-17-10-29-19(8-16(17)35(23(34)37)14-4-3-13(7-14)31-22(36)38-2)33-20-6-12(9-25)5-15(32-20)21-30-11-18(39-21)24(26,27)28/h5-6,8,10-11,13-14H,3-4,7,9H2,1-2H3,(H,31,36)(H,29,32,33)/t13-,14-/m1/s1/i1D3. The molecule has 5 rings (SSSR count). The summed E-state index contributed by atoms with van der Waals surface area (Å²) in [6, 6.07) is 3.92. The number of rotatable bonds is 6. The Labute approximate surface area is 233 Å². The van der Waals surface area contributed by atoms with Crippen LogP contribution in [0.2, 0.25) is 0 Å². The van der Waals surface area contributed by atoms with Crippen LogP contribution in [0.15, 0.2) is 35.4 Å². The molecule has 2 atom stereocenters. The highest BCUT2D eigenvalue weighted by molar-refractivity contribution is 7.15. The van der Waals surface area contributed by atoms with Gasteiger partial charge in [-0.1, -0.05) is 0 Å². The molecule has 0 aromatic carbocycles. The number of pyridine rings is 2. The van der Waals surface area contributed by atoms with E-state index in [-0.39, 0.29) is 39.8 Å². The quantitative estimate of drug-likeness (QED) is 0.299. The van der Waals surface area contributed by atoms with E-state index in [1.54, 1.807) is 6.07 Å². The second-order valence-corrected chi connectivity index (χ2v) is 10.2. The number of carbonyl (C=O) groups is 1. The number of amides is 1. The van der Waals surface area contributed by atoms with E-state index in [0.717, 1.165) is 6.20 Å². The fourth-order valence-electron chi connectivity index (χ4n) is 4.58. The van der Waals surface area contributed by atoms with E-state index in [4.69, 9.17) is 15.7 Å². The highest BCUT2D eigenvalue weighted by Crippen LogP contribution is 2.37. The zero-order valence-electron chi connectivity index (χ0n) is 23.3. The predicted molar refractivity (Wildman–Crippen MR) is 140 cm³/mol. The van der Waals surface area contributed by atoms with Gasteiger partial charge < -0.3 is 15.4 Å². The maximum absolute atomic E-state index is 13.4. The van der Waals surface area contributed by atoms with Crippen LogP contribution in [-0.4, -0.2) is 43.3 Å².